The van der Waals surface area contributed by atoms with Crippen LogP contribution in [0.2, 0.25) is 0 Å². The predicted molar refractivity (Wildman–Crippen MR) is 85.6 cm³/mol. The summed E-state index contributed by atoms with van der Waals surface area (Å²) in [6, 6.07) is 7.68. The quantitative estimate of drug-likeness (QED) is 0.900. The lowest BCUT2D eigenvalue weighted by Crippen LogP contribution is -2.14. The summed E-state index contributed by atoms with van der Waals surface area (Å²) in [4.78, 5) is 12.0. The van der Waals surface area contributed by atoms with E-state index < -0.39 is 0 Å². The van der Waals surface area contributed by atoms with Crippen molar-refractivity contribution in [3.05, 3.63) is 40.0 Å². The van der Waals surface area contributed by atoms with Gasteiger partial charge in [-0.1, -0.05) is 6.07 Å². The molecule has 0 spiro atoms. The first-order valence-corrected chi connectivity index (χ1v) is 7.42. The second-order valence-corrected chi connectivity index (χ2v) is 5.67. The molecule has 1 aromatic carbocycles. The summed E-state index contributed by atoms with van der Waals surface area (Å²) >= 11 is 3.44. The van der Waals surface area contributed by atoms with Crippen LogP contribution in [-0.2, 0) is 18.3 Å². The number of aryl methyl sites for hydroxylation is 3. The number of halogens is 1. The fourth-order valence-corrected chi connectivity index (χ4v) is 2.64. The minimum Gasteiger partial charge on any atom is -0.496 e. The number of anilines is 1. The first kappa shape index (κ1) is 15.6. The number of methoxy groups -OCH3 is 1. The molecule has 2 rings (SSSR count). The highest BCUT2D eigenvalue weighted by atomic mass is 79.9. The number of nitrogens with zero attached hydrogens (tertiary/aromatic N) is 2. The SMILES string of the molecule is COc1ccc(CCC(=O)Nc2cc(C)nn2C)cc1Br. The smallest absolute Gasteiger partial charge is 0.225 e. The van der Waals surface area contributed by atoms with Crippen LogP contribution in [0.15, 0.2) is 28.7 Å². The molecule has 0 atom stereocenters. The minimum absolute atomic E-state index is 0.0232. The molecule has 1 aromatic heterocycles. The third-order valence-electron chi connectivity index (χ3n) is 3.13. The van der Waals surface area contributed by atoms with Crippen LogP contribution < -0.4 is 10.1 Å². The van der Waals surface area contributed by atoms with Crippen LogP contribution in [0.3, 0.4) is 0 Å². The predicted octanol–water partition coefficient (Wildman–Crippen LogP) is 3.07. The van der Waals surface area contributed by atoms with Gasteiger partial charge >= 0.3 is 0 Å². The van der Waals surface area contributed by atoms with Crippen molar-refractivity contribution in [2.45, 2.75) is 19.8 Å². The first-order chi connectivity index (χ1) is 9.99. The molecular formula is C15H18BrN3O2. The monoisotopic (exact) mass is 351 g/mol. The largest absolute Gasteiger partial charge is 0.496 e. The molecule has 1 heterocycles. The second-order valence-electron chi connectivity index (χ2n) is 4.81. The number of ether oxygens (including phenoxy) is 1. The Bertz CT molecular complexity index is 652. The van der Waals surface area contributed by atoms with E-state index in [0.29, 0.717) is 18.7 Å². The van der Waals surface area contributed by atoms with E-state index >= 15 is 0 Å². The van der Waals surface area contributed by atoms with Crippen molar-refractivity contribution < 1.29 is 9.53 Å². The summed E-state index contributed by atoms with van der Waals surface area (Å²) in [6.07, 6.45) is 1.09. The van der Waals surface area contributed by atoms with Gasteiger partial charge in [0.15, 0.2) is 0 Å². The summed E-state index contributed by atoms with van der Waals surface area (Å²) in [7, 11) is 3.44. The second kappa shape index (κ2) is 6.76. The summed E-state index contributed by atoms with van der Waals surface area (Å²) in [5, 5.41) is 7.06. The van der Waals surface area contributed by atoms with Gasteiger partial charge < -0.3 is 10.1 Å². The van der Waals surface area contributed by atoms with Crippen LogP contribution in [0.25, 0.3) is 0 Å². The Kier molecular flexibility index (Phi) is 5.01. The van der Waals surface area contributed by atoms with Gasteiger partial charge in [-0.25, -0.2) is 0 Å². The summed E-state index contributed by atoms with van der Waals surface area (Å²) in [5.74, 6) is 1.48. The molecule has 0 fully saturated rings. The Morgan fingerprint density at radius 1 is 1.43 bits per heavy atom. The molecule has 6 heteroatoms. The average molecular weight is 352 g/mol. The Morgan fingerprint density at radius 2 is 2.19 bits per heavy atom. The molecule has 0 unspecified atom stereocenters. The normalized spacial score (nSPS) is 10.5. The molecule has 0 saturated carbocycles. The highest BCUT2D eigenvalue weighted by Crippen LogP contribution is 2.26. The molecular weight excluding hydrogens is 334 g/mol. The van der Waals surface area contributed by atoms with Crippen molar-refractivity contribution in [3.8, 4) is 5.75 Å². The summed E-state index contributed by atoms with van der Waals surface area (Å²) < 4.78 is 7.74. The van der Waals surface area contributed by atoms with E-state index in [0.717, 1.165) is 21.5 Å². The van der Waals surface area contributed by atoms with Gasteiger partial charge in [0.2, 0.25) is 5.91 Å². The van der Waals surface area contributed by atoms with E-state index in [1.54, 1.807) is 11.8 Å². The van der Waals surface area contributed by atoms with Crippen molar-refractivity contribution in [1.29, 1.82) is 0 Å². The lowest BCUT2D eigenvalue weighted by molar-refractivity contribution is -0.116. The zero-order chi connectivity index (χ0) is 15.4. The molecule has 1 N–H and O–H groups in total. The zero-order valence-electron chi connectivity index (χ0n) is 12.3. The van der Waals surface area contributed by atoms with E-state index in [1.807, 2.05) is 38.2 Å². The summed E-state index contributed by atoms with van der Waals surface area (Å²) in [5.41, 5.74) is 1.96. The van der Waals surface area contributed by atoms with Crippen molar-refractivity contribution in [3.63, 3.8) is 0 Å². The lowest BCUT2D eigenvalue weighted by atomic mass is 10.1. The van der Waals surface area contributed by atoms with Gasteiger partial charge in [-0.3, -0.25) is 9.48 Å². The van der Waals surface area contributed by atoms with Crippen LogP contribution in [-0.4, -0.2) is 22.8 Å². The van der Waals surface area contributed by atoms with Crippen LogP contribution in [0.4, 0.5) is 5.82 Å². The van der Waals surface area contributed by atoms with Gasteiger partial charge in [-0.2, -0.15) is 5.10 Å². The number of aromatic nitrogens is 2. The molecule has 0 aliphatic carbocycles. The lowest BCUT2D eigenvalue weighted by Gasteiger charge is -2.07. The zero-order valence-corrected chi connectivity index (χ0v) is 13.9. The third kappa shape index (κ3) is 4.07. The number of carbonyl (C=O) groups is 1. The maximum atomic E-state index is 12.0. The Labute approximate surface area is 132 Å². The van der Waals surface area contributed by atoms with Crippen LogP contribution >= 0.6 is 15.9 Å². The number of benzene rings is 1. The fourth-order valence-electron chi connectivity index (χ4n) is 2.06. The van der Waals surface area contributed by atoms with Gasteiger partial charge in [-0.15, -0.1) is 0 Å². The molecule has 0 radical (unpaired) electrons. The minimum atomic E-state index is -0.0232. The van der Waals surface area contributed by atoms with E-state index in [-0.39, 0.29) is 5.91 Å². The Morgan fingerprint density at radius 3 is 2.76 bits per heavy atom. The van der Waals surface area contributed by atoms with Gasteiger partial charge in [0.25, 0.3) is 0 Å². The van der Waals surface area contributed by atoms with Gasteiger partial charge in [0.1, 0.15) is 11.6 Å². The molecule has 0 aliphatic rings. The average Bonchev–Trinajstić information content (AvgIpc) is 2.74. The number of carbonyl (C=O) groups excluding carboxylic acids is 1. The van der Waals surface area contributed by atoms with Gasteiger partial charge in [0.05, 0.1) is 17.3 Å². The van der Waals surface area contributed by atoms with E-state index in [2.05, 4.69) is 26.3 Å². The van der Waals surface area contributed by atoms with Crippen molar-refractivity contribution >= 4 is 27.7 Å². The van der Waals surface area contributed by atoms with Crippen LogP contribution in [0, 0.1) is 6.92 Å². The molecule has 0 saturated heterocycles. The molecule has 0 aliphatic heterocycles. The summed E-state index contributed by atoms with van der Waals surface area (Å²) in [6.45, 7) is 1.89. The van der Waals surface area contributed by atoms with Crippen LogP contribution in [0.1, 0.15) is 17.7 Å². The fraction of sp³-hybridized carbons (Fsp3) is 0.333. The third-order valence-corrected chi connectivity index (χ3v) is 3.75. The molecule has 5 nitrogen and oxygen atoms in total. The number of hydrogen-bond acceptors (Lipinski definition) is 3. The van der Waals surface area contributed by atoms with Gasteiger partial charge in [-0.05, 0) is 47.0 Å². The van der Waals surface area contributed by atoms with Crippen molar-refractivity contribution in [1.82, 2.24) is 9.78 Å². The Balaban J connectivity index is 1.92. The van der Waals surface area contributed by atoms with Crippen molar-refractivity contribution in [2.24, 2.45) is 7.05 Å². The van der Waals surface area contributed by atoms with E-state index in [1.165, 1.54) is 0 Å². The van der Waals surface area contributed by atoms with E-state index in [4.69, 9.17) is 4.74 Å². The molecule has 0 bridgehead atoms. The Hall–Kier alpha value is -1.82. The topological polar surface area (TPSA) is 56.1 Å². The van der Waals surface area contributed by atoms with Crippen LogP contribution in [0.5, 0.6) is 5.75 Å². The number of nitrogens with one attached hydrogen (secondary N) is 1. The number of hydrogen-bond donors (Lipinski definition) is 1. The molecule has 1 amide bonds. The van der Waals surface area contributed by atoms with E-state index in [9.17, 15) is 4.79 Å². The molecule has 2 aromatic rings. The maximum absolute atomic E-state index is 12.0. The standard InChI is InChI=1S/C15H18BrN3O2/c1-10-8-14(19(2)18-10)17-15(20)7-5-11-4-6-13(21-3)12(16)9-11/h4,6,8-9H,5,7H2,1-3H3,(H,17,20). The molecule has 21 heavy (non-hydrogen) atoms. The number of rotatable bonds is 5. The maximum Gasteiger partial charge on any atom is 0.225 e. The van der Waals surface area contributed by atoms with Gasteiger partial charge in [0, 0.05) is 19.5 Å². The molecule has 112 valence electrons. The van der Waals surface area contributed by atoms with Crippen molar-refractivity contribution in [2.75, 3.05) is 12.4 Å². The first-order valence-electron chi connectivity index (χ1n) is 6.62. The number of amides is 1. The highest BCUT2D eigenvalue weighted by molar-refractivity contribution is 9.10. The highest BCUT2D eigenvalue weighted by Gasteiger charge is 2.08.